The van der Waals surface area contributed by atoms with Gasteiger partial charge in [0.25, 0.3) is 5.56 Å². The van der Waals surface area contributed by atoms with Gasteiger partial charge in [0.15, 0.2) is 0 Å². The zero-order valence-electron chi connectivity index (χ0n) is 8.79. The van der Waals surface area contributed by atoms with Crippen molar-refractivity contribution in [2.45, 2.75) is 39.7 Å². The first kappa shape index (κ1) is 9.44. The summed E-state index contributed by atoms with van der Waals surface area (Å²) in [7, 11) is 0. The molecule has 0 saturated heterocycles. The molecule has 3 nitrogen and oxygen atoms in total. The Morgan fingerprint density at radius 2 is 2.43 bits per heavy atom. The Bertz CT molecular complexity index is 395. The molecule has 76 valence electrons. The Morgan fingerprint density at radius 3 is 3.14 bits per heavy atom. The van der Waals surface area contributed by atoms with Crippen LogP contribution in [0.1, 0.15) is 31.8 Å². The molecule has 0 spiro atoms. The van der Waals surface area contributed by atoms with Crippen molar-refractivity contribution in [2.75, 3.05) is 0 Å². The Morgan fingerprint density at radius 1 is 1.64 bits per heavy atom. The fourth-order valence-corrected chi connectivity index (χ4v) is 2.03. The minimum atomic E-state index is 0.128. The molecule has 1 atom stereocenters. The van der Waals surface area contributed by atoms with Gasteiger partial charge in [0.1, 0.15) is 5.82 Å². The third kappa shape index (κ3) is 1.59. The Labute approximate surface area is 83.8 Å². The Balaban J connectivity index is 2.41. The van der Waals surface area contributed by atoms with E-state index in [0.29, 0.717) is 5.92 Å². The number of nitrogens with zero attached hydrogens (tertiary/aromatic N) is 2. The van der Waals surface area contributed by atoms with Crippen LogP contribution < -0.4 is 5.56 Å². The second-order valence-electron chi connectivity index (χ2n) is 4.17. The standard InChI is InChI=1S/C11H16N2O/c1-3-4-9-6-11(14)13-7-8(2)5-10(13)12-9/h6,8H,3-5,7H2,1-2H3/t8-/m0/s1. The highest BCUT2D eigenvalue weighted by molar-refractivity contribution is 5.08. The zero-order chi connectivity index (χ0) is 10.1. The lowest BCUT2D eigenvalue weighted by Crippen LogP contribution is -2.21. The van der Waals surface area contributed by atoms with Gasteiger partial charge in [0, 0.05) is 24.7 Å². The van der Waals surface area contributed by atoms with E-state index in [1.807, 2.05) is 4.57 Å². The second-order valence-corrected chi connectivity index (χ2v) is 4.17. The van der Waals surface area contributed by atoms with Crippen LogP contribution in [-0.4, -0.2) is 9.55 Å². The van der Waals surface area contributed by atoms with Gasteiger partial charge >= 0.3 is 0 Å². The van der Waals surface area contributed by atoms with Crippen molar-refractivity contribution in [1.29, 1.82) is 0 Å². The lowest BCUT2D eigenvalue weighted by molar-refractivity contribution is 0.556. The predicted octanol–water partition coefficient (Wildman–Crippen LogP) is 1.39. The quantitative estimate of drug-likeness (QED) is 0.709. The van der Waals surface area contributed by atoms with Crippen molar-refractivity contribution in [2.24, 2.45) is 5.92 Å². The molecule has 0 bridgehead atoms. The normalized spacial score (nSPS) is 19.7. The first-order valence-corrected chi connectivity index (χ1v) is 5.30. The molecular weight excluding hydrogens is 176 g/mol. The first-order chi connectivity index (χ1) is 6.70. The minimum Gasteiger partial charge on any atom is -0.296 e. The van der Waals surface area contributed by atoms with E-state index in [1.165, 1.54) is 0 Å². The van der Waals surface area contributed by atoms with Crippen LogP contribution in [0, 0.1) is 5.92 Å². The van der Waals surface area contributed by atoms with Crippen molar-refractivity contribution < 1.29 is 0 Å². The van der Waals surface area contributed by atoms with Crippen molar-refractivity contribution in [3.05, 3.63) is 27.9 Å². The van der Waals surface area contributed by atoms with E-state index in [-0.39, 0.29) is 5.56 Å². The molecule has 0 radical (unpaired) electrons. The summed E-state index contributed by atoms with van der Waals surface area (Å²) in [6, 6.07) is 1.69. The van der Waals surface area contributed by atoms with E-state index in [2.05, 4.69) is 18.8 Å². The number of fused-ring (bicyclic) bond motifs is 1. The summed E-state index contributed by atoms with van der Waals surface area (Å²) in [5.41, 5.74) is 1.08. The molecule has 14 heavy (non-hydrogen) atoms. The van der Waals surface area contributed by atoms with Crippen LogP contribution in [0.4, 0.5) is 0 Å². The van der Waals surface area contributed by atoms with Crippen LogP contribution in [0.3, 0.4) is 0 Å². The van der Waals surface area contributed by atoms with Crippen LogP contribution in [0.15, 0.2) is 10.9 Å². The van der Waals surface area contributed by atoms with Gasteiger partial charge in [-0.25, -0.2) is 4.98 Å². The largest absolute Gasteiger partial charge is 0.296 e. The van der Waals surface area contributed by atoms with E-state index in [4.69, 9.17) is 0 Å². The molecule has 2 heterocycles. The number of rotatable bonds is 2. The maximum Gasteiger partial charge on any atom is 0.253 e. The second kappa shape index (κ2) is 3.56. The molecule has 1 aliphatic heterocycles. The smallest absolute Gasteiger partial charge is 0.253 e. The molecule has 0 aliphatic carbocycles. The summed E-state index contributed by atoms with van der Waals surface area (Å²) in [6.07, 6.45) is 2.91. The van der Waals surface area contributed by atoms with E-state index in [1.54, 1.807) is 6.07 Å². The highest BCUT2D eigenvalue weighted by atomic mass is 16.1. The summed E-state index contributed by atoms with van der Waals surface area (Å²) in [6.45, 7) is 5.11. The first-order valence-electron chi connectivity index (χ1n) is 5.30. The topological polar surface area (TPSA) is 34.9 Å². The van der Waals surface area contributed by atoms with Gasteiger partial charge in [0.05, 0.1) is 0 Å². The summed E-state index contributed by atoms with van der Waals surface area (Å²) in [5, 5.41) is 0. The molecule has 1 aromatic heterocycles. The van der Waals surface area contributed by atoms with E-state index in [9.17, 15) is 4.79 Å². The molecule has 0 aromatic carbocycles. The van der Waals surface area contributed by atoms with Crippen LogP contribution in [0.25, 0.3) is 0 Å². The molecule has 0 saturated carbocycles. The van der Waals surface area contributed by atoms with Crippen molar-refractivity contribution in [3.8, 4) is 0 Å². The van der Waals surface area contributed by atoms with Gasteiger partial charge < -0.3 is 0 Å². The molecule has 2 rings (SSSR count). The molecule has 3 heteroatoms. The third-order valence-electron chi connectivity index (χ3n) is 2.67. The van der Waals surface area contributed by atoms with Gasteiger partial charge in [-0.3, -0.25) is 9.36 Å². The average Bonchev–Trinajstić information content (AvgIpc) is 2.47. The monoisotopic (exact) mass is 192 g/mol. The number of hydrogen-bond acceptors (Lipinski definition) is 2. The van der Waals surface area contributed by atoms with Crippen molar-refractivity contribution >= 4 is 0 Å². The van der Waals surface area contributed by atoms with E-state index < -0.39 is 0 Å². The van der Waals surface area contributed by atoms with E-state index >= 15 is 0 Å². The maximum absolute atomic E-state index is 11.7. The minimum absolute atomic E-state index is 0.128. The fraction of sp³-hybridized carbons (Fsp3) is 0.636. The molecule has 1 aromatic rings. The molecule has 0 amide bonds. The zero-order valence-corrected chi connectivity index (χ0v) is 8.79. The summed E-state index contributed by atoms with van der Waals surface area (Å²) in [4.78, 5) is 16.2. The summed E-state index contributed by atoms with van der Waals surface area (Å²) >= 11 is 0. The number of hydrogen-bond donors (Lipinski definition) is 0. The summed E-state index contributed by atoms with van der Waals surface area (Å²) < 4.78 is 1.81. The fourth-order valence-electron chi connectivity index (χ4n) is 2.03. The number of aryl methyl sites for hydroxylation is 1. The molecule has 0 fully saturated rings. The van der Waals surface area contributed by atoms with Crippen LogP contribution in [0.5, 0.6) is 0 Å². The van der Waals surface area contributed by atoms with Gasteiger partial charge in [-0.15, -0.1) is 0 Å². The van der Waals surface area contributed by atoms with Gasteiger partial charge in [-0.05, 0) is 12.3 Å². The Hall–Kier alpha value is -1.12. The van der Waals surface area contributed by atoms with Crippen molar-refractivity contribution in [3.63, 3.8) is 0 Å². The highest BCUT2D eigenvalue weighted by Crippen LogP contribution is 2.15. The molecule has 0 N–H and O–H groups in total. The molecule has 0 unspecified atom stereocenters. The average molecular weight is 192 g/mol. The number of aromatic nitrogens is 2. The molecular formula is C11H16N2O. The maximum atomic E-state index is 11.7. The van der Waals surface area contributed by atoms with Gasteiger partial charge in [0.2, 0.25) is 0 Å². The van der Waals surface area contributed by atoms with Crippen LogP contribution in [-0.2, 0) is 19.4 Å². The molecule has 1 aliphatic rings. The SMILES string of the molecule is CCCc1cc(=O)n2c(n1)C[C@H](C)C2. The van der Waals surface area contributed by atoms with Gasteiger partial charge in [-0.2, -0.15) is 0 Å². The predicted molar refractivity (Wildman–Crippen MR) is 55.4 cm³/mol. The summed E-state index contributed by atoms with van der Waals surface area (Å²) in [5.74, 6) is 1.54. The van der Waals surface area contributed by atoms with E-state index in [0.717, 1.165) is 37.3 Å². The lowest BCUT2D eigenvalue weighted by Gasteiger charge is -2.03. The highest BCUT2D eigenvalue weighted by Gasteiger charge is 2.19. The lowest BCUT2D eigenvalue weighted by atomic mass is 10.1. The van der Waals surface area contributed by atoms with Crippen molar-refractivity contribution in [1.82, 2.24) is 9.55 Å². The van der Waals surface area contributed by atoms with Crippen LogP contribution >= 0.6 is 0 Å². The Kier molecular flexibility index (Phi) is 2.40. The van der Waals surface area contributed by atoms with Crippen LogP contribution in [0.2, 0.25) is 0 Å². The third-order valence-corrected chi connectivity index (χ3v) is 2.67. The van der Waals surface area contributed by atoms with Gasteiger partial charge in [-0.1, -0.05) is 20.3 Å².